The first-order chi connectivity index (χ1) is 6.04. The van der Waals surface area contributed by atoms with Gasteiger partial charge in [-0.1, -0.05) is 26.1 Å². The summed E-state index contributed by atoms with van der Waals surface area (Å²) < 4.78 is 0. The Labute approximate surface area is 85.1 Å². The van der Waals surface area contributed by atoms with Crippen molar-refractivity contribution in [2.24, 2.45) is 11.7 Å². The Morgan fingerprint density at radius 3 is 2.54 bits per heavy atom. The highest BCUT2D eigenvalue weighted by molar-refractivity contribution is 7.80. The maximum Gasteiger partial charge on any atom is 0.222 e. The summed E-state index contributed by atoms with van der Waals surface area (Å²) >= 11 is 4.73. The van der Waals surface area contributed by atoms with Gasteiger partial charge in [-0.25, -0.2) is 0 Å². The average Bonchev–Trinajstić information content (AvgIpc) is 2.02. The summed E-state index contributed by atoms with van der Waals surface area (Å²) in [4.78, 5) is 11.6. The topological polar surface area (TPSA) is 55.1 Å². The van der Waals surface area contributed by atoms with Crippen molar-refractivity contribution in [2.45, 2.75) is 33.1 Å². The van der Waals surface area contributed by atoms with Crippen molar-refractivity contribution in [1.29, 1.82) is 0 Å². The normalized spacial score (nSPS) is 10.1. The molecule has 0 aromatic heterocycles. The van der Waals surface area contributed by atoms with Gasteiger partial charge in [0.1, 0.15) is 0 Å². The molecular weight excluding hydrogens is 184 g/mol. The molecule has 0 fully saturated rings. The molecule has 0 bridgehead atoms. The standard InChI is InChI=1S/C9H18N2OS/c1-7(2)9(12)11-6-4-3-5-8(10)13/h7H,3-6H2,1-2H3,(H2,10,13)(H,11,12). The molecule has 0 aliphatic carbocycles. The molecule has 13 heavy (non-hydrogen) atoms. The van der Waals surface area contributed by atoms with Crippen LogP contribution in [-0.2, 0) is 4.79 Å². The SMILES string of the molecule is CC(C)C(=O)NCCCCC(N)=S. The number of carbonyl (C=O) groups is 1. The van der Waals surface area contributed by atoms with Gasteiger partial charge in [0, 0.05) is 12.5 Å². The zero-order chi connectivity index (χ0) is 10.3. The molecule has 0 unspecified atom stereocenters. The highest BCUT2D eigenvalue weighted by Crippen LogP contribution is 1.95. The minimum absolute atomic E-state index is 0.0654. The van der Waals surface area contributed by atoms with E-state index < -0.39 is 0 Å². The Balaban J connectivity index is 3.26. The minimum Gasteiger partial charge on any atom is -0.393 e. The summed E-state index contributed by atoms with van der Waals surface area (Å²) in [6.07, 6.45) is 2.66. The number of rotatable bonds is 6. The van der Waals surface area contributed by atoms with Crippen LogP contribution in [0.5, 0.6) is 0 Å². The molecular formula is C9H18N2OS. The first-order valence-electron chi connectivity index (χ1n) is 4.60. The lowest BCUT2D eigenvalue weighted by Gasteiger charge is -2.06. The van der Waals surface area contributed by atoms with E-state index in [0.29, 0.717) is 4.99 Å². The first-order valence-corrected chi connectivity index (χ1v) is 5.01. The van der Waals surface area contributed by atoms with E-state index in [9.17, 15) is 4.79 Å². The van der Waals surface area contributed by atoms with Crippen LogP contribution in [0.3, 0.4) is 0 Å². The number of thiocarbonyl (C=S) groups is 1. The number of nitrogens with two attached hydrogens (primary N) is 1. The fourth-order valence-corrected chi connectivity index (χ4v) is 0.984. The molecule has 3 N–H and O–H groups in total. The summed E-state index contributed by atoms with van der Waals surface area (Å²) in [5.41, 5.74) is 5.33. The van der Waals surface area contributed by atoms with Gasteiger partial charge in [0.15, 0.2) is 0 Å². The quantitative estimate of drug-likeness (QED) is 0.503. The van der Waals surface area contributed by atoms with Crippen molar-refractivity contribution in [3.8, 4) is 0 Å². The number of unbranched alkanes of at least 4 members (excludes halogenated alkanes) is 1. The number of amides is 1. The zero-order valence-corrected chi connectivity index (χ0v) is 9.12. The third-order valence-corrected chi connectivity index (χ3v) is 1.88. The maximum atomic E-state index is 11.1. The number of hydrogen-bond donors (Lipinski definition) is 2. The van der Waals surface area contributed by atoms with Crippen LogP contribution in [0.2, 0.25) is 0 Å². The van der Waals surface area contributed by atoms with Crippen LogP contribution in [-0.4, -0.2) is 17.4 Å². The van der Waals surface area contributed by atoms with Crippen molar-refractivity contribution in [2.75, 3.05) is 6.54 Å². The molecule has 0 saturated heterocycles. The molecule has 0 radical (unpaired) electrons. The van der Waals surface area contributed by atoms with Gasteiger partial charge in [0.2, 0.25) is 5.91 Å². The number of hydrogen-bond acceptors (Lipinski definition) is 2. The smallest absolute Gasteiger partial charge is 0.222 e. The lowest BCUT2D eigenvalue weighted by Crippen LogP contribution is -2.28. The summed E-state index contributed by atoms with van der Waals surface area (Å²) in [5, 5.41) is 2.83. The lowest BCUT2D eigenvalue weighted by molar-refractivity contribution is -0.123. The molecule has 0 spiro atoms. The highest BCUT2D eigenvalue weighted by atomic mass is 32.1. The summed E-state index contributed by atoms with van der Waals surface area (Å²) in [5.74, 6) is 0.172. The highest BCUT2D eigenvalue weighted by Gasteiger charge is 2.04. The second kappa shape index (κ2) is 6.83. The van der Waals surface area contributed by atoms with E-state index in [2.05, 4.69) is 5.32 Å². The Bertz CT molecular complexity index is 180. The van der Waals surface area contributed by atoms with Crippen molar-refractivity contribution < 1.29 is 4.79 Å². The lowest BCUT2D eigenvalue weighted by atomic mass is 10.2. The maximum absolute atomic E-state index is 11.1. The molecule has 3 nitrogen and oxygen atoms in total. The summed E-state index contributed by atoms with van der Waals surface area (Å²) in [6, 6.07) is 0. The van der Waals surface area contributed by atoms with Crippen molar-refractivity contribution >= 4 is 23.1 Å². The molecule has 1 amide bonds. The molecule has 4 heteroatoms. The molecule has 0 aromatic carbocycles. The van der Waals surface area contributed by atoms with E-state index in [1.807, 2.05) is 13.8 Å². The van der Waals surface area contributed by atoms with Gasteiger partial charge >= 0.3 is 0 Å². The monoisotopic (exact) mass is 202 g/mol. The van der Waals surface area contributed by atoms with E-state index in [-0.39, 0.29) is 11.8 Å². The van der Waals surface area contributed by atoms with Crippen molar-refractivity contribution in [3.05, 3.63) is 0 Å². The number of carbonyl (C=O) groups excluding carboxylic acids is 1. The Morgan fingerprint density at radius 1 is 1.46 bits per heavy atom. The molecule has 0 rings (SSSR count). The third-order valence-electron chi connectivity index (χ3n) is 1.67. The minimum atomic E-state index is 0.0654. The Kier molecular flexibility index (Phi) is 6.49. The van der Waals surface area contributed by atoms with Crippen LogP contribution in [0.15, 0.2) is 0 Å². The van der Waals surface area contributed by atoms with Gasteiger partial charge in [0.25, 0.3) is 0 Å². The first kappa shape index (κ1) is 12.4. The van der Waals surface area contributed by atoms with Crippen LogP contribution in [0.4, 0.5) is 0 Å². The second-order valence-electron chi connectivity index (χ2n) is 3.37. The molecule has 0 heterocycles. The van der Waals surface area contributed by atoms with Crippen LogP contribution in [0.1, 0.15) is 33.1 Å². The van der Waals surface area contributed by atoms with Gasteiger partial charge < -0.3 is 11.1 Å². The van der Waals surface area contributed by atoms with Gasteiger partial charge in [-0.05, 0) is 19.3 Å². The predicted molar refractivity (Wildman–Crippen MR) is 58.5 cm³/mol. The van der Waals surface area contributed by atoms with Crippen LogP contribution in [0.25, 0.3) is 0 Å². The summed E-state index contributed by atoms with van der Waals surface area (Å²) in [6.45, 7) is 4.48. The van der Waals surface area contributed by atoms with Crippen molar-refractivity contribution in [1.82, 2.24) is 5.32 Å². The van der Waals surface area contributed by atoms with E-state index in [0.717, 1.165) is 25.8 Å². The van der Waals surface area contributed by atoms with Crippen LogP contribution in [0, 0.1) is 5.92 Å². The second-order valence-corrected chi connectivity index (χ2v) is 3.89. The molecule has 0 aliphatic heterocycles. The van der Waals surface area contributed by atoms with E-state index in [4.69, 9.17) is 18.0 Å². The van der Waals surface area contributed by atoms with Crippen LogP contribution < -0.4 is 11.1 Å². The van der Waals surface area contributed by atoms with Gasteiger partial charge in [0.05, 0.1) is 4.99 Å². The van der Waals surface area contributed by atoms with Crippen molar-refractivity contribution in [3.63, 3.8) is 0 Å². The predicted octanol–water partition coefficient (Wildman–Crippen LogP) is 1.22. The molecule has 0 saturated carbocycles. The Morgan fingerprint density at radius 2 is 2.08 bits per heavy atom. The fourth-order valence-electron chi connectivity index (χ4n) is 0.840. The van der Waals surface area contributed by atoms with E-state index >= 15 is 0 Å². The fraction of sp³-hybridized carbons (Fsp3) is 0.778. The van der Waals surface area contributed by atoms with Crippen LogP contribution >= 0.6 is 12.2 Å². The third kappa shape index (κ3) is 7.71. The van der Waals surface area contributed by atoms with E-state index in [1.54, 1.807) is 0 Å². The summed E-state index contributed by atoms with van der Waals surface area (Å²) in [7, 11) is 0. The zero-order valence-electron chi connectivity index (χ0n) is 8.30. The molecule has 0 aromatic rings. The van der Waals surface area contributed by atoms with E-state index in [1.165, 1.54) is 0 Å². The van der Waals surface area contributed by atoms with Gasteiger partial charge in [-0.2, -0.15) is 0 Å². The molecule has 0 aliphatic rings. The molecule has 0 atom stereocenters. The Hall–Kier alpha value is -0.640. The molecule has 76 valence electrons. The largest absolute Gasteiger partial charge is 0.393 e. The number of nitrogens with one attached hydrogen (secondary N) is 1. The van der Waals surface area contributed by atoms with Gasteiger partial charge in [-0.3, -0.25) is 4.79 Å². The average molecular weight is 202 g/mol. The van der Waals surface area contributed by atoms with Gasteiger partial charge in [-0.15, -0.1) is 0 Å².